The number of pyridine rings is 1. The van der Waals surface area contributed by atoms with Crippen molar-refractivity contribution < 1.29 is 41.7 Å². The van der Waals surface area contributed by atoms with Crippen LogP contribution in [0, 0.1) is 6.92 Å². The minimum atomic E-state index is -3.65. The van der Waals surface area contributed by atoms with Crippen LogP contribution in [0.25, 0.3) is 11.1 Å². The van der Waals surface area contributed by atoms with Crippen LogP contribution in [0.4, 0.5) is 5.82 Å². The molecule has 49 heavy (non-hydrogen) atoms. The zero-order valence-electron chi connectivity index (χ0n) is 28.4. The van der Waals surface area contributed by atoms with E-state index in [1.54, 1.807) is 30.2 Å². The van der Waals surface area contributed by atoms with Gasteiger partial charge in [-0.2, -0.15) is 0 Å². The van der Waals surface area contributed by atoms with E-state index in [2.05, 4.69) is 4.98 Å². The number of rotatable bonds is 20. The summed E-state index contributed by atoms with van der Waals surface area (Å²) in [7, 11) is -3.65. The van der Waals surface area contributed by atoms with E-state index in [4.69, 9.17) is 29.4 Å². The third-order valence-corrected chi connectivity index (χ3v) is 9.75. The highest BCUT2D eigenvalue weighted by Crippen LogP contribution is 2.30. The van der Waals surface area contributed by atoms with Gasteiger partial charge in [0.1, 0.15) is 24.0 Å². The summed E-state index contributed by atoms with van der Waals surface area (Å²) in [4.78, 5) is 31.9. The maximum absolute atomic E-state index is 13.6. The van der Waals surface area contributed by atoms with Crippen molar-refractivity contribution in [2.45, 2.75) is 44.6 Å². The maximum atomic E-state index is 13.6. The van der Waals surface area contributed by atoms with E-state index >= 15 is 0 Å². The van der Waals surface area contributed by atoms with Crippen molar-refractivity contribution in [2.24, 2.45) is 0 Å². The Balaban J connectivity index is 1.21. The Kier molecular flexibility index (Phi) is 15.0. The Hall–Kier alpha value is -3.88. The Morgan fingerprint density at radius 3 is 2.24 bits per heavy atom. The van der Waals surface area contributed by atoms with Crippen molar-refractivity contribution in [2.75, 3.05) is 77.5 Å². The van der Waals surface area contributed by atoms with Gasteiger partial charge < -0.3 is 34.3 Å². The summed E-state index contributed by atoms with van der Waals surface area (Å²) in [5.74, 6) is 0.711. The normalized spacial score (nSPS) is 13.1. The van der Waals surface area contributed by atoms with Crippen LogP contribution >= 0.6 is 0 Å². The molecule has 0 unspecified atom stereocenters. The molecule has 13 heteroatoms. The van der Waals surface area contributed by atoms with Gasteiger partial charge in [0.15, 0.2) is 9.84 Å². The van der Waals surface area contributed by atoms with Crippen LogP contribution in [-0.2, 0) is 40.1 Å². The van der Waals surface area contributed by atoms with E-state index < -0.39 is 9.84 Å². The number of anilines is 1. The number of carbonyl (C=O) groups excluding carboxylic acids is 2. The standard InChI is InChI=1S/C36H47N3O9S/c1-3-44-16-17-46-20-21-47-19-18-45-14-12-31(40)5-4-22-49(42,43)32-8-9-33(27(2)23-32)36(41)39-13-15-48-34-10-6-28(24-30(34)26-39)29-7-11-35(37)38-25-29/h6-11,23-25H,3-5,12-22,26H2,1-2H3,(H2,37,38). The molecule has 4 rings (SSSR count). The fourth-order valence-electron chi connectivity index (χ4n) is 5.26. The molecule has 2 aromatic carbocycles. The van der Waals surface area contributed by atoms with Crippen molar-refractivity contribution in [3.63, 3.8) is 0 Å². The number of aromatic nitrogens is 1. The number of benzene rings is 2. The fourth-order valence-corrected chi connectivity index (χ4v) is 6.65. The number of fused-ring (bicyclic) bond motifs is 1. The highest BCUT2D eigenvalue weighted by atomic mass is 32.2. The number of hydrogen-bond acceptors (Lipinski definition) is 11. The summed E-state index contributed by atoms with van der Waals surface area (Å²) in [6.45, 7) is 8.41. The van der Waals surface area contributed by atoms with Crippen molar-refractivity contribution in [3.05, 3.63) is 71.4 Å². The van der Waals surface area contributed by atoms with E-state index in [1.165, 1.54) is 12.1 Å². The molecule has 1 aliphatic rings. The SMILES string of the molecule is CCOCCOCCOCCOCCC(=O)CCCS(=O)(=O)c1ccc(C(=O)N2CCOc3ccc(-c4ccc(N)nc4)cc3C2)c(C)c1. The van der Waals surface area contributed by atoms with Crippen LogP contribution in [0.2, 0.25) is 0 Å². The number of nitrogen functional groups attached to an aromatic ring is 1. The zero-order chi connectivity index (χ0) is 35.1. The largest absolute Gasteiger partial charge is 0.491 e. The van der Waals surface area contributed by atoms with Gasteiger partial charge in [-0.05, 0) is 73.9 Å². The second-order valence-electron chi connectivity index (χ2n) is 11.6. The first-order valence-electron chi connectivity index (χ1n) is 16.6. The molecular formula is C36H47N3O9S. The predicted molar refractivity (Wildman–Crippen MR) is 185 cm³/mol. The van der Waals surface area contributed by atoms with Crippen molar-refractivity contribution in [1.29, 1.82) is 0 Å². The molecule has 1 aromatic heterocycles. The summed E-state index contributed by atoms with van der Waals surface area (Å²) >= 11 is 0. The molecule has 0 radical (unpaired) electrons. The molecule has 2 heterocycles. The minimum absolute atomic E-state index is 0.0591. The highest BCUT2D eigenvalue weighted by molar-refractivity contribution is 7.91. The van der Waals surface area contributed by atoms with Gasteiger partial charge >= 0.3 is 0 Å². The van der Waals surface area contributed by atoms with E-state index in [-0.39, 0.29) is 48.2 Å². The van der Waals surface area contributed by atoms with Gasteiger partial charge in [-0.15, -0.1) is 0 Å². The number of hydrogen-bond donors (Lipinski definition) is 1. The second-order valence-corrected chi connectivity index (χ2v) is 13.7. The van der Waals surface area contributed by atoms with Gasteiger partial charge in [0.25, 0.3) is 5.91 Å². The van der Waals surface area contributed by atoms with E-state index in [9.17, 15) is 18.0 Å². The lowest BCUT2D eigenvalue weighted by molar-refractivity contribution is -0.120. The van der Waals surface area contributed by atoms with Crippen LogP contribution in [0.1, 0.15) is 47.7 Å². The van der Waals surface area contributed by atoms with Crippen LogP contribution in [0.15, 0.2) is 59.6 Å². The first kappa shape index (κ1) is 37.9. The smallest absolute Gasteiger partial charge is 0.254 e. The molecule has 0 aliphatic carbocycles. The van der Waals surface area contributed by atoms with Gasteiger partial charge in [-0.3, -0.25) is 9.59 Å². The summed E-state index contributed by atoms with van der Waals surface area (Å²) in [6, 6.07) is 14.0. The van der Waals surface area contributed by atoms with Gasteiger partial charge in [-0.1, -0.05) is 6.07 Å². The first-order valence-corrected chi connectivity index (χ1v) is 18.3. The zero-order valence-corrected chi connectivity index (χ0v) is 29.2. The quantitative estimate of drug-likeness (QED) is 0.168. The van der Waals surface area contributed by atoms with Gasteiger partial charge in [-0.25, -0.2) is 13.4 Å². The molecule has 0 atom stereocenters. The molecule has 0 spiro atoms. The summed E-state index contributed by atoms with van der Waals surface area (Å²) in [6.07, 6.45) is 2.26. The van der Waals surface area contributed by atoms with Gasteiger partial charge in [0.05, 0.1) is 63.4 Å². The lowest BCUT2D eigenvalue weighted by atomic mass is 10.0. The van der Waals surface area contributed by atoms with Crippen molar-refractivity contribution in [1.82, 2.24) is 9.88 Å². The molecule has 266 valence electrons. The molecule has 1 amide bonds. The van der Waals surface area contributed by atoms with Crippen LogP contribution in [0.5, 0.6) is 5.75 Å². The molecule has 0 saturated carbocycles. The molecule has 0 bridgehead atoms. The Labute approximate surface area is 288 Å². The topological polar surface area (TPSA) is 157 Å². The fraction of sp³-hybridized carbons (Fsp3) is 0.472. The monoisotopic (exact) mass is 697 g/mol. The van der Waals surface area contributed by atoms with E-state index in [1.807, 2.05) is 31.2 Å². The summed E-state index contributed by atoms with van der Waals surface area (Å²) in [5.41, 5.74) is 9.40. The molecular weight excluding hydrogens is 650 g/mol. The lowest BCUT2D eigenvalue weighted by Crippen LogP contribution is -2.33. The second kappa shape index (κ2) is 19.3. The molecule has 12 nitrogen and oxygen atoms in total. The average Bonchev–Trinajstić information content (AvgIpc) is 3.31. The summed E-state index contributed by atoms with van der Waals surface area (Å²) < 4.78 is 53.5. The molecule has 3 aromatic rings. The predicted octanol–water partition coefficient (Wildman–Crippen LogP) is 4.27. The number of carbonyl (C=O) groups is 2. The highest BCUT2D eigenvalue weighted by Gasteiger charge is 2.24. The molecule has 0 fully saturated rings. The van der Waals surface area contributed by atoms with Crippen molar-refractivity contribution >= 4 is 27.3 Å². The maximum Gasteiger partial charge on any atom is 0.254 e. The number of Topliss-reactive ketones (excluding diaryl/α,β-unsaturated/α-hetero) is 1. The molecule has 1 aliphatic heterocycles. The van der Waals surface area contributed by atoms with Crippen molar-refractivity contribution in [3.8, 4) is 16.9 Å². The van der Waals surface area contributed by atoms with E-state index in [0.29, 0.717) is 88.6 Å². The third-order valence-electron chi connectivity index (χ3n) is 7.95. The number of aryl methyl sites for hydroxylation is 1. The Morgan fingerprint density at radius 1 is 0.878 bits per heavy atom. The number of sulfone groups is 1. The number of amides is 1. The summed E-state index contributed by atoms with van der Waals surface area (Å²) in [5, 5.41) is 0. The average molecular weight is 698 g/mol. The number of ketones is 1. The minimum Gasteiger partial charge on any atom is -0.491 e. The Morgan fingerprint density at radius 2 is 1.57 bits per heavy atom. The molecule has 2 N–H and O–H groups in total. The van der Waals surface area contributed by atoms with Crippen LogP contribution in [-0.4, -0.2) is 102 Å². The number of nitrogens with two attached hydrogens (primary N) is 1. The number of nitrogens with zero attached hydrogens (tertiary/aromatic N) is 2. The molecule has 0 saturated heterocycles. The van der Waals surface area contributed by atoms with E-state index in [0.717, 1.165) is 16.7 Å². The van der Waals surface area contributed by atoms with Crippen LogP contribution < -0.4 is 10.5 Å². The van der Waals surface area contributed by atoms with Crippen LogP contribution in [0.3, 0.4) is 0 Å². The lowest BCUT2D eigenvalue weighted by Gasteiger charge is -2.21. The third kappa shape index (κ3) is 11.9. The first-order chi connectivity index (χ1) is 23.7. The number of ether oxygens (including phenoxy) is 5. The Bertz CT molecular complexity index is 1630. The van der Waals surface area contributed by atoms with Gasteiger partial charge in [0, 0.05) is 48.9 Å². The van der Waals surface area contributed by atoms with Gasteiger partial charge in [0.2, 0.25) is 0 Å².